The molecule has 8 nitrogen and oxygen atoms in total. The third-order valence-electron chi connectivity index (χ3n) is 4.20. The summed E-state index contributed by atoms with van der Waals surface area (Å²) in [5.74, 6) is 0.236. The molecule has 0 spiro atoms. The fraction of sp³-hybridized carbons (Fsp3) is 0.300. The predicted molar refractivity (Wildman–Crippen MR) is 112 cm³/mol. The summed E-state index contributed by atoms with van der Waals surface area (Å²) in [4.78, 5) is 16.1. The fourth-order valence-corrected chi connectivity index (χ4v) is 2.85. The number of methoxy groups -OCH3 is 1. The molecule has 1 aromatic carbocycles. The van der Waals surface area contributed by atoms with Crippen molar-refractivity contribution in [3.8, 4) is 11.5 Å². The number of aromatic nitrogens is 1. The molecule has 0 radical (unpaired) electrons. The second-order valence-electron chi connectivity index (χ2n) is 6.25. The molecule has 29 heavy (non-hydrogen) atoms. The Bertz CT molecular complexity index is 870. The first-order valence-corrected chi connectivity index (χ1v) is 9.55. The molecule has 0 amide bonds. The van der Waals surface area contributed by atoms with Crippen molar-refractivity contribution < 1.29 is 19.0 Å². The van der Waals surface area contributed by atoms with E-state index >= 15 is 0 Å². The topological polar surface area (TPSA) is 94.1 Å². The molecular formula is C20H22N4O4S. The largest absolute Gasteiger partial charge is 0.493 e. The van der Waals surface area contributed by atoms with E-state index in [1.54, 1.807) is 36.5 Å². The van der Waals surface area contributed by atoms with Gasteiger partial charge in [-0.15, -0.1) is 0 Å². The van der Waals surface area contributed by atoms with Crippen molar-refractivity contribution >= 4 is 29.5 Å². The third kappa shape index (κ3) is 6.23. The van der Waals surface area contributed by atoms with Crippen LogP contribution in [-0.4, -0.2) is 48.6 Å². The van der Waals surface area contributed by atoms with Crippen LogP contribution in [0, 0.1) is 0 Å². The number of carbonyl (C=O) groups is 1. The summed E-state index contributed by atoms with van der Waals surface area (Å²) >= 11 is 5.19. The van der Waals surface area contributed by atoms with Crippen molar-refractivity contribution in [3.63, 3.8) is 0 Å². The Morgan fingerprint density at radius 2 is 2.17 bits per heavy atom. The molecule has 0 bridgehead atoms. The number of hydrogen-bond acceptors (Lipinski definition) is 7. The van der Waals surface area contributed by atoms with Crippen LogP contribution in [-0.2, 0) is 4.74 Å². The average Bonchev–Trinajstić information content (AvgIpc) is 3.27. The molecule has 2 heterocycles. The van der Waals surface area contributed by atoms with Crippen LogP contribution in [0.2, 0.25) is 0 Å². The SMILES string of the molecule is COc1cc(/C=N\NC(=S)NC[C@@H]2CCCO2)ccc1OC(=O)c1ccncc1. The van der Waals surface area contributed by atoms with Crippen molar-refractivity contribution in [2.75, 3.05) is 20.3 Å². The van der Waals surface area contributed by atoms with Gasteiger partial charge in [0.15, 0.2) is 16.6 Å². The quantitative estimate of drug-likeness (QED) is 0.234. The average molecular weight is 414 g/mol. The first kappa shape index (κ1) is 20.7. The molecule has 152 valence electrons. The molecule has 1 aliphatic heterocycles. The molecule has 1 aromatic heterocycles. The van der Waals surface area contributed by atoms with Gasteiger partial charge in [-0.25, -0.2) is 4.79 Å². The molecule has 1 aliphatic rings. The van der Waals surface area contributed by atoms with Crippen LogP contribution in [0.5, 0.6) is 11.5 Å². The lowest BCUT2D eigenvalue weighted by Gasteiger charge is -2.12. The van der Waals surface area contributed by atoms with Gasteiger partial charge < -0.3 is 19.5 Å². The van der Waals surface area contributed by atoms with Crippen molar-refractivity contribution in [2.45, 2.75) is 18.9 Å². The lowest BCUT2D eigenvalue weighted by atomic mass is 10.2. The number of ether oxygens (including phenoxy) is 3. The highest BCUT2D eigenvalue weighted by Crippen LogP contribution is 2.28. The first-order chi connectivity index (χ1) is 14.2. The van der Waals surface area contributed by atoms with E-state index in [-0.39, 0.29) is 6.10 Å². The zero-order valence-electron chi connectivity index (χ0n) is 16.0. The first-order valence-electron chi connectivity index (χ1n) is 9.14. The Balaban J connectivity index is 1.54. The highest BCUT2D eigenvalue weighted by atomic mass is 32.1. The second-order valence-corrected chi connectivity index (χ2v) is 6.66. The van der Waals surface area contributed by atoms with E-state index in [9.17, 15) is 4.79 Å². The van der Waals surface area contributed by atoms with Gasteiger partial charge in [0.2, 0.25) is 0 Å². The zero-order valence-corrected chi connectivity index (χ0v) is 16.8. The Morgan fingerprint density at radius 1 is 1.34 bits per heavy atom. The minimum Gasteiger partial charge on any atom is -0.493 e. The molecule has 0 aliphatic carbocycles. The van der Waals surface area contributed by atoms with Crippen molar-refractivity contribution in [1.82, 2.24) is 15.7 Å². The third-order valence-corrected chi connectivity index (χ3v) is 4.44. The highest BCUT2D eigenvalue weighted by Gasteiger charge is 2.15. The zero-order chi connectivity index (χ0) is 20.5. The fourth-order valence-electron chi connectivity index (χ4n) is 2.71. The number of hydrazone groups is 1. The standard InChI is InChI=1S/C20H22N4O4S/c1-26-18-11-14(12-23-24-20(29)22-13-16-3-2-10-27-16)4-5-17(18)28-19(25)15-6-8-21-9-7-15/h4-9,11-12,16H,2-3,10,13H2,1H3,(H2,22,24,29)/b23-12-/t16-/m0/s1. The molecule has 1 fully saturated rings. The minimum absolute atomic E-state index is 0.199. The summed E-state index contributed by atoms with van der Waals surface area (Å²) in [6.45, 7) is 1.47. The number of thiocarbonyl (C=S) groups is 1. The number of esters is 1. The van der Waals surface area contributed by atoms with E-state index in [1.165, 1.54) is 19.5 Å². The second kappa shape index (κ2) is 10.5. The van der Waals surface area contributed by atoms with Gasteiger partial charge in [0.1, 0.15) is 0 Å². The van der Waals surface area contributed by atoms with Gasteiger partial charge in [-0.3, -0.25) is 10.4 Å². The Hall–Kier alpha value is -3.04. The van der Waals surface area contributed by atoms with Gasteiger partial charge >= 0.3 is 5.97 Å². The molecule has 1 atom stereocenters. The summed E-state index contributed by atoms with van der Waals surface area (Å²) < 4.78 is 16.3. The maximum absolute atomic E-state index is 12.2. The Morgan fingerprint density at radius 3 is 2.90 bits per heavy atom. The normalized spacial score (nSPS) is 15.8. The summed E-state index contributed by atoms with van der Waals surface area (Å²) in [5, 5.41) is 7.61. The Labute approximate surface area is 174 Å². The van der Waals surface area contributed by atoms with Crippen LogP contribution in [0.15, 0.2) is 47.8 Å². The molecule has 9 heteroatoms. The summed E-state index contributed by atoms with van der Waals surface area (Å²) in [7, 11) is 1.50. The van der Waals surface area contributed by atoms with Crippen LogP contribution in [0.1, 0.15) is 28.8 Å². The van der Waals surface area contributed by atoms with E-state index in [4.69, 9.17) is 26.4 Å². The van der Waals surface area contributed by atoms with Gasteiger partial charge in [0.25, 0.3) is 0 Å². The lowest BCUT2D eigenvalue weighted by molar-refractivity contribution is 0.0729. The van der Waals surface area contributed by atoms with Crippen molar-refractivity contribution in [1.29, 1.82) is 0 Å². The highest BCUT2D eigenvalue weighted by molar-refractivity contribution is 7.80. The maximum Gasteiger partial charge on any atom is 0.343 e. The smallest absolute Gasteiger partial charge is 0.343 e. The monoisotopic (exact) mass is 414 g/mol. The number of benzene rings is 1. The molecular weight excluding hydrogens is 392 g/mol. The lowest BCUT2D eigenvalue weighted by Crippen LogP contribution is -2.37. The molecule has 0 saturated carbocycles. The number of carbonyl (C=O) groups excluding carboxylic acids is 1. The van der Waals surface area contributed by atoms with Crippen LogP contribution in [0.4, 0.5) is 0 Å². The molecule has 0 unspecified atom stereocenters. The number of pyridine rings is 1. The summed E-state index contributed by atoms with van der Waals surface area (Å²) in [6, 6.07) is 8.27. The van der Waals surface area contributed by atoms with Crippen LogP contribution in [0.25, 0.3) is 0 Å². The molecule has 3 rings (SSSR count). The number of nitrogens with one attached hydrogen (secondary N) is 2. The molecule has 2 aromatic rings. The van der Waals surface area contributed by atoms with Crippen molar-refractivity contribution in [3.05, 3.63) is 53.9 Å². The number of hydrogen-bond donors (Lipinski definition) is 2. The van der Waals surface area contributed by atoms with Gasteiger partial charge in [-0.05, 0) is 61.0 Å². The van der Waals surface area contributed by atoms with Crippen LogP contribution >= 0.6 is 12.2 Å². The van der Waals surface area contributed by atoms with Gasteiger partial charge in [0, 0.05) is 25.5 Å². The van der Waals surface area contributed by atoms with E-state index < -0.39 is 5.97 Å². The van der Waals surface area contributed by atoms with E-state index in [0.29, 0.717) is 28.7 Å². The number of nitrogens with zero attached hydrogens (tertiary/aromatic N) is 2. The molecule has 2 N–H and O–H groups in total. The van der Waals surface area contributed by atoms with Gasteiger partial charge in [-0.2, -0.15) is 5.10 Å². The molecule has 1 saturated heterocycles. The maximum atomic E-state index is 12.2. The van der Waals surface area contributed by atoms with Gasteiger partial charge in [-0.1, -0.05) is 0 Å². The summed E-state index contributed by atoms with van der Waals surface area (Å²) in [5.41, 5.74) is 3.92. The Kier molecular flexibility index (Phi) is 7.48. The predicted octanol–water partition coefficient (Wildman–Crippen LogP) is 2.29. The van der Waals surface area contributed by atoms with Crippen molar-refractivity contribution in [2.24, 2.45) is 5.10 Å². The van der Waals surface area contributed by atoms with Gasteiger partial charge in [0.05, 0.1) is 25.0 Å². The summed E-state index contributed by atoms with van der Waals surface area (Å²) in [6.07, 6.45) is 6.97. The minimum atomic E-state index is -0.489. The van der Waals surface area contributed by atoms with Crippen LogP contribution < -0.4 is 20.2 Å². The van der Waals surface area contributed by atoms with E-state index in [0.717, 1.165) is 25.0 Å². The van der Waals surface area contributed by atoms with E-state index in [1.807, 2.05) is 0 Å². The van der Waals surface area contributed by atoms with E-state index in [2.05, 4.69) is 20.8 Å². The van der Waals surface area contributed by atoms with Crippen LogP contribution in [0.3, 0.4) is 0 Å². The number of rotatable bonds is 7.